The molecule has 0 atom stereocenters. The standard InChI is InChI=1S/C12H12O7/c1-3-19-12(17)10(14)7-4-6(11(15)16)8(13)5-9(7)18-2/h4-5,13H,3H2,1-2H3,(H,15,16). The average Bonchev–Trinajstić information content (AvgIpc) is 2.37. The number of benzene rings is 1. The summed E-state index contributed by atoms with van der Waals surface area (Å²) < 4.78 is 9.36. The number of ether oxygens (including phenoxy) is 2. The molecule has 0 unspecified atom stereocenters. The smallest absolute Gasteiger partial charge is 0.379 e. The van der Waals surface area contributed by atoms with Crippen LogP contribution >= 0.6 is 0 Å². The highest BCUT2D eigenvalue weighted by Crippen LogP contribution is 2.28. The lowest BCUT2D eigenvalue weighted by atomic mass is 10.0. The van der Waals surface area contributed by atoms with E-state index in [2.05, 4.69) is 4.74 Å². The Labute approximate surface area is 108 Å². The number of carbonyl (C=O) groups is 3. The molecule has 19 heavy (non-hydrogen) atoms. The van der Waals surface area contributed by atoms with Crippen molar-refractivity contribution in [1.82, 2.24) is 0 Å². The van der Waals surface area contributed by atoms with Crippen LogP contribution in [0.3, 0.4) is 0 Å². The van der Waals surface area contributed by atoms with E-state index in [0.29, 0.717) is 0 Å². The number of rotatable bonds is 5. The lowest BCUT2D eigenvalue weighted by Crippen LogP contribution is -2.19. The van der Waals surface area contributed by atoms with Crippen LogP contribution in [-0.4, -0.2) is 41.7 Å². The zero-order valence-corrected chi connectivity index (χ0v) is 10.3. The summed E-state index contributed by atoms with van der Waals surface area (Å²) >= 11 is 0. The molecule has 0 aliphatic rings. The van der Waals surface area contributed by atoms with Gasteiger partial charge in [-0.05, 0) is 13.0 Å². The van der Waals surface area contributed by atoms with Gasteiger partial charge in [-0.3, -0.25) is 4.79 Å². The highest BCUT2D eigenvalue weighted by molar-refractivity contribution is 6.41. The van der Waals surface area contributed by atoms with Gasteiger partial charge in [-0.1, -0.05) is 0 Å². The minimum absolute atomic E-state index is 0.0107. The Hall–Kier alpha value is -2.57. The van der Waals surface area contributed by atoms with Crippen molar-refractivity contribution in [3.63, 3.8) is 0 Å². The molecule has 0 saturated heterocycles. The second-order valence-electron chi connectivity index (χ2n) is 3.42. The Morgan fingerprint density at radius 2 is 1.84 bits per heavy atom. The van der Waals surface area contributed by atoms with Crippen LogP contribution in [-0.2, 0) is 9.53 Å². The van der Waals surface area contributed by atoms with Gasteiger partial charge in [0.05, 0.1) is 19.3 Å². The van der Waals surface area contributed by atoms with E-state index in [0.717, 1.165) is 12.1 Å². The number of Topliss-reactive ketones (excluding diaryl/α,β-unsaturated/α-hetero) is 1. The summed E-state index contributed by atoms with van der Waals surface area (Å²) in [5.41, 5.74) is -0.787. The molecule has 0 aromatic heterocycles. The molecular weight excluding hydrogens is 256 g/mol. The normalized spacial score (nSPS) is 9.79. The number of hydrogen-bond donors (Lipinski definition) is 2. The molecule has 2 N–H and O–H groups in total. The van der Waals surface area contributed by atoms with Crippen molar-refractivity contribution in [2.75, 3.05) is 13.7 Å². The number of carboxylic acid groups (broad SMARTS) is 1. The van der Waals surface area contributed by atoms with E-state index in [9.17, 15) is 19.5 Å². The number of carbonyl (C=O) groups excluding carboxylic acids is 2. The molecule has 0 heterocycles. The van der Waals surface area contributed by atoms with Crippen molar-refractivity contribution in [2.24, 2.45) is 0 Å². The van der Waals surface area contributed by atoms with Crippen LogP contribution < -0.4 is 4.74 Å². The van der Waals surface area contributed by atoms with Gasteiger partial charge in [0, 0.05) is 6.07 Å². The molecule has 1 aromatic rings. The molecule has 0 saturated carbocycles. The zero-order valence-electron chi connectivity index (χ0n) is 10.3. The monoisotopic (exact) mass is 268 g/mol. The van der Waals surface area contributed by atoms with Gasteiger partial charge < -0.3 is 19.7 Å². The second kappa shape index (κ2) is 5.85. The predicted octanol–water partition coefficient (Wildman–Crippen LogP) is 0.845. The van der Waals surface area contributed by atoms with Crippen LogP contribution in [0.4, 0.5) is 0 Å². The number of phenols is 1. The average molecular weight is 268 g/mol. The van der Waals surface area contributed by atoms with Crippen LogP contribution in [0.25, 0.3) is 0 Å². The molecule has 102 valence electrons. The van der Waals surface area contributed by atoms with Crippen LogP contribution in [0.15, 0.2) is 12.1 Å². The van der Waals surface area contributed by atoms with Crippen molar-refractivity contribution >= 4 is 17.7 Å². The van der Waals surface area contributed by atoms with Crippen LogP contribution in [0.1, 0.15) is 27.6 Å². The van der Waals surface area contributed by atoms with E-state index in [1.54, 1.807) is 0 Å². The van der Waals surface area contributed by atoms with Crippen LogP contribution in [0.2, 0.25) is 0 Å². The van der Waals surface area contributed by atoms with Crippen LogP contribution in [0, 0.1) is 0 Å². The Kier molecular flexibility index (Phi) is 4.46. The summed E-state index contributed by atoms with van der Waals surface area (Å²) in [5.74, 6) is -4.27. The maximum absolute atomic E-state index is 11.8. The summed E-state index contributed by atoms with van der Waals surface area (Å²) in [6, 6.07) is 1.83. The topological polar surface area (TPSA) is 110 Å². The molecule has 7 heteroatoms. The predicted molar refractivity (Wildman–Crippen MR) is 62.6 cm³/mol. The quantitative estimate of drug-likeness (QED) is 0.462. The summed E-state index contributed by atoms with van der Waals surface area (Å²) in [4.78, 5) is 34.0. The molecule has 0 bridgehead atoms. The third-order valence-electron chi connectivity index (χ3n) is 2.25. The highest BCUT2D eigenvalue weighted by Gasteiger charge is 2.25. The van der Waals surface area contributed by atoms with E-state index in [-0.39, 0.29) is 17.9 Å². The van der Waals surface area contributed by atoms with Gasteiger partial charge in [0.25, 0.3) is 5.78 Å². The van der Waals surface area contributed by atoms with Gasteiger partial charge in [-0.25, -0.2) is 9.59 Å². The van der Waals surface area contributed by atoms with Gasteiger partial charge in [0.1, 0.15) is 17.1 Å². The third kappa shape index (κ3) is 3.01. The summed E-state index contributed by atoms with van der Waals surface area (Å²) in [6.45, 7) is 1.54. The lowest BCUT2D eigenvalue weighted by molar-refractivity contribution is -0.137. The first-order chi connectivity index (χ1) is 8.92. The molecule has 0 aliphatic carbocycles. The highest BCUT2D eigenvalue weighted by atomic mass is 16.5. The number of hydrogen-bond acceptors (Lipinski definition) is 6. The molecule has 7 nitrogen and oxygen atoms in total. The maximum Gasteiger partial charge on any atom is 0.379 e. The van der Waals surface area contributed by atoms with E-state index in [1.807, 2.05) is 0 Å². The van der Waals surface area contributed by atoms with Gasteiger partial charge in [-0.2, -0.15) is 0 Å². The first-order valence-corrected chi connectivity index (χ1v) is 5.28. The maximum atomic E-state index is 11.8. The molecular formula is C12H12O7. The molecule has 0 spiro atoms. The van der Waals surface area contributed by atoms with Crippen molar-refractivity contribution < 1.29 is 34.1 Å². The SMILES string of the molecule is CCOC(=O)C(=O)c1cc(C(=O)O)c(O)cc1OC. The van der Waals surface area contributed by atoms with Crippen molar-refractivity contribution in [1.29, 1.82) is 0 Å². The van der Waals surface area contributed by atoms with Gasteiger partial charge in [0.2, 0.25) is 0 Å². The fraction of sp³-hybridized carbons (Fsp3) is 0.250. The summed E-state index contributed by atoms with van der Waals surface area (Å²) in [5, 5.41) is 18.3. The first kappa shape index (κ1) is 14.5. The van der Waals surface area contributed by atoms with E-state index < -0.39 is 29.0 Å². The van der Waals surface area contributed by atoms with Gasteiger partial charge in [-0.15, -0.1) is 0 Å². The minimum Gasteiger partial charge on any atom is -0.507 e. The van der Waals surface area contributed by atoms with Crippen molar-refractivity contribution in [2.45, 2.75) is 6.92 Å². The lowest BCUT2D eigenvalue weighted by Gasteiger charge is -2.09. The Morgan fingerprint density at radius 3 is 2.32 bits per heavy atom. The summed E-state index contributed by atoms with van der Waals surface area (Å²) in [7, 11) is 1.22. The van der Waals surface area contributed by atoms with Crippen molar-refractivity contribution in [3.8, 4) is 11.5 Å². The number of methoxy groups -OCH3 is 1. The third-order valence-corrected chi connectivity index (χ3v) is 2.25. The first-order valence-electron chi connectivity index (χ1n) is 5.28. The molecule has 1 aromatic carbocycles. The van der Waals surface area contributed by atoms with E-state index in [1.165, 1.54) is 14.0 Å². The molecule has 0 radical (unpaired) electrons. The van der Waals surface area contributed by atoms with Gasteiger partial charge >= 0.3 is 11.9 Å². The molecule has 0 amide bonds. The Bertz CT molecular complexity index is 533. The van der Waals surface area contributed by atoms with E-state index >= 15 is 0 Å². The van der Waals surface area contributed by atoms with Gasteiger partial charge in [0.15, 0.2) is 0 Å². The van der Waals surface area contributed by atoms with Crippen LogP contribution in [0.5, 0.6) is 11.5 Å². The van der Waals surface area contributed by atoms with Crippen molar-refractivity contribution in [3.05, 3.63) is 23.3 Å². The minimum atomic E-state index is -1.43. The number of ketones is 1. The number of aromatic hydroxyl groups is 1. The number of aromatic carboxylic acids is 1. The van der Waals surface area contributed by atoms with E-state index in [4.69, 9.17) is 9.84 Å². The Balaban J connectivity index is 3.32. The fourth-order valence-electron chi connectivity index (χ4n) is 1.39. The molecule has 0 fully saturated rings. The second-order valence-corrected chi connectivity index (χ2v) is 3.42. The molecule has 1 rings (SSSR count). The fourth-order valence-corrected chi connectivity index (χ4v) is 1.39. The zero-order chi connectivity index (χ0) is 14.6. The molecule has 0 aliphatic heterocycles. The largest absolute Gasteiger partial charge is 0.507 e. The Morgan fingerprint density at radius 1 is 1.21 bits per heavy atom. The summed E-state index contributed by atoms with van der Waals surface area (Å²) in [6.07, 6.45) is 0. The number of esters is 1. The number of carboxylic acids is 1.